The van der Waals surface area contributed by atoms with E-state index in [9.17, 15) is 4.79 Å². The van der Waals surface area contributed by atoms with Gasteiger partial charge < -0.3 is 9.84 Å². The number of carboxylic acid groups (broad SMARTS) is 1. The first-order valence-electron chi connectivity index (χ1n) is 5.79. The molecule has 1 aromatic carbocycles. The van der Waals surface area contributed by atoms with Gasteiger partial charge in [0.15, 0.2) is 0 Å². The van der Waals surface area contributed by atoms with Crippen LogP contribution in [0.1, 0.15) is 23.3 Å². The third-order valence-corrected chi connectivity index (χ3v) is 2.79. The third-order valence-electron chi connectivity index (χ3n) is 2.79. The second-order valence-corrected chi connectivity index (χ2v) is 4.29. The number of ether oxygens (including phenoxy) is 1. The molecule has 0 atom stereocenters. The number of hydrogen-bond acceptors (Lipinski definition) is 3. The molecule has 2 aromatic rings. The number of benzene rings is 1. The molecule has 1 aliphatic rings. The van der Waals surface area contributed by atoms with Crippen LogP contribution in [0, 0.1) is 0 Å². The smallest absolute Gasteiger partial charge is 0.353 e. The maximum Gasteiger partial charge on any atom is 0.353 e. The van der Waals surface area contributed by atoms with E-state index in [0.717, 1.165) is 24.2 Å². The van der Waals surface area contributed by atoms with Gasteiger partial charge in [0.25, 0.3) is 0 Å². The maximum absolute atomic E-state index is 10.8. The number of aromatic amines is 1. The summed E-state index contributed by atoms with van der Waals surface area (Å²) >= 11 is 0. The molecule has 1 saturated carbocycles. The lowest BCUT2D eigenvalue weighted by molar-refractivity contribution is 0.0690. The molecule has 0 aliphatic heterocycles. The summed E-state index contributed by atoms with van der Waals surface area (Å²) in [6, 6.07) is 9.04. The number of aromatic nitrogens is 2. The summed E-state index contributed by atoms with van der Waals surface area (Å²) in [6.07, 6.45) is 2.45. The predicted octanol–water partition coefficient (Wildman–Crippen LogP) is 2.32. The lowest BCUT2D eigenvalue weighted by atomic mass is 10.1. The average molecular weight is 244 g/mol. The van der Waals surface area contributed by atoms with E-state index in [4.69, 9.17) is 9.84 Å². The summed E-state index contributed by atoms with van der Waals surface area (Å²) in [5.41, 5.74) is 1.48. The van der Waals surface area contributed by atoms with Gasteiger partial charge in [-0.3, -0.25) is 5.10 Å². The van der Waals surface area contributed by atoms with Crippen LogP contribution in [-0.4, -0.2) is 27.4 Å². The number of H-pyrrole nitrogens is 1. The Morgan fingerprint density at radius 1 is 1.39 bits per heavy atom. The number of hydrogen-bond donors (Lipinski definition) is 2. The Balaban J connectivity index is 1.96. The van der Waals surface area contributed by atoms with Crippen LogP contribution >= 0.6 is 0 Å². The highest BCUT2D eigenvalue weighted by Gasteiger charge is 2.25. The van der Waals surface area contributed by atoms with Crippen molar-refractivity contribution >= 4 is 5.97 Å². The van der Waals surface area contributed by atoms with E-state index in [-0.39, 0.29) is 5.69 Å². The van der Waals surface area contributed by atoms with Crippen LogP contribution in [0.3, 0.4) is 0 Å². The van der Waals surface area contributed by atoms with Crippen molar-refractivity contribution in [2.75, 3.05) is 0 Å². The van der Waals surface area contributed by atoms with Crippen LogP contribution in [0.5, 0.6) is 5.75 Å². The highest BCUT2D eigenvalue weighted by atomic mass is 16.5. The lowest BCUT2D eigenvalue weighted by Crippen LogP contribution is -1.97. The number of nitrogens with zero attached hydrogens (tertiary/aromatic N) is 1. The van der Waals surface area contributed by atoms with Crippen molar-refractivity contribution < 1.29 is 14.6 Å². The van der Waals surface area contributed by atoms with Crippen LogP contribution in [0.25, 0.3) is 11.3 Å². The highest BCUT2D eigenvalue weighted by Crippen LogP contribution is 2.33. The first-order chi connectivity index (χ1) is 8.74. The lowest BCUT2D eigenvalue weighted by Gasteiger charge is -2.08. The molecular formula is C13H12N2O3. The molecule has 92 valence electrons. The molecule has 0 radical (unpaired) electrons. The fourth-order valence-electron chi connectivity index (χ4n) is 1.72. The van der Waals surface area contributed by atoms with E-state index in [2.05, 4.69) is 10.2 Å². The monoisotopic (exact) mass is 244 g/mol. The summed E-state index contributed by atoms with van der Waals surface area (Å²) in [5, 5.41) is 15.4. The summed E-state index contributed by atoms with van der Waals surface area (Å²) in [4.78, 5) is 10.8. The van der Waals surface area contributed by atoms with Gasteiger partial charge in [0, 0.05) is 5.56 Å². The summed E-state index contributed by atoms with van der Waals surface area (Å²) in [5.74, 6) is -0.266. The molecule has 18 heavy (non-hydrogen) atoms. The van der Waals surface area contributed by atoms with Crippen molar-refractivity contribution in [2.24, 2.45) is 0 Å². The van der Waals surface area contributed by atoms with Crippen molar-refractivity contribution in [2.45, 2.75) is 18.9 Å². The van der Waals surface area contributed by atoms with Crippen molar-refractivity contribution in [3.05, 3.63) is 36.0 Å². The number of para-hydroxylation sites is 1. The van der Waals surface area contributed by atoms with E-state index in [1.807, 2.05) is 24.3 Å². The van der Waals surface area contributed by atoms with E-state index in [0.29, 0.717) is 11.8 Å². The van der Waals surface area contributed by atoms with Crippen molar-refractivity contribution in [1.29, 1.82) is 0 Å². The highest BCUT2D eigenvalue weighted by molar-refractivity contribution is 5.87. The summed E-state index contributed by atoms with van der Waals surface area (Å²) in [7, 11) is 0. The molecule has 0 amide bonds. The fourth-order valence-corrected chi connectivity index (χ4v) is 1.72. The number of aromatic carboxylic acids is 1. The third kappa shape index (κ3) is 2.07. The Hall–Kier alpha value is -2.30. The second kappa shape index (κ2) is 4.18. The van der Waals surface area contributed by atoms with E-state index >= 15 is 0 Å². The van der Waals surface area contributed by atoms with Crippen LogP contribution < -0.4 is 4.74 Å². The summed E-state index contributed by atoms with van der Waals surface area (Å²) < 4.78 is 5.78. The van der Waals surface area contributed by atoms with Crippen LogP contribution in [0.15, 0.2) is 30.3 Å². The van der Waals surface area contributed by atoms with Gasteiger partial charge in [-0.05, 0) is 31.0 Å². The van der Waals surface area contributed by atoms with Crippen molar-refractivity contribution in [1.82, 2.24) is 10.2 Å². The molecule has 1 heterocycles. The molecule has 1 aliphatic carbocycles. The van der Waals surface area contributed by atoms with Gasteiger partial charge in [0.1, 0.15) is 11.4 Å². The minimum absolute atomic E-state index is 0.0752. The van der Waals surface area contributed by atoms with Gasteiger partial charge >= 0.3 is 5.97 Å². The molecule has 0 spiro atoms. The quantitative estimate of drug-likeness (QED) is 0.865. The van der Waals surface area contributed by atoms with E-state index in [1.54, 1.807) is 0 Å². The van der Waals surface area contributed by atoms with Crippen LogP contribution in [-0.2, 0) is 0 Å². The van der Waals surface area contributed by atoms with Crippen LogP contribution in [0.4, 0.5) is 0 Å². The summed E-state index contributed by atoms with van der Waals surface area (Å²) in [6.45, 7) is 0. The van der Waals surface area contributed by atoms with Gasteiger partial charge in [-0.2, -0.15) is 5.10 Å². The minimum atomic E-state index is -1.02. The Bertz CT molecular complexity index is 587. The van der Waals surface area contributed by atoms with Gasteiger partial charge in [-0.1, -0.05) is 12.1 Å². The Kier molecular flexibility index (Phi) is 2.51. The molecule has 5 nitrogen and oxygen atoms in total. The maximum atomic E-state index is 10.8. The molecule has 0 unspecified atom stereocenters. The standard InChI is InChI=1S/C13H12N2O3/c16-13(17)11-7-10(14-15-11)9-3-1-2-4-12(9)18-8-5-6-8/h1-4,7-8H,5-6H2,(H,14,15)(H,16,17). The molecule has 5 heteroatoms. The van der Waals surface area contributed by atoms with Gasteiger partial charge in [-0.15, -0.1) is 0 Å². The first kappa shape index (κ1) is 10.8. The zero-order valence-electron chi connectivity index (χ0n) is 9.59. The van der Waals surface area contributed by atoms with Crippen LogP contribution in [0.2, 0.25) is 0 Å². The minimum Gasteiger partial charge on any atom is -0.490 e. The molecule has 1 fully saturated rings. The van der Waals surface area contributed by atoms with E-state index < -0.39 is 5.97 Å². The fraction of sp³-hybridized carbons (Fsp3) is 0.231. The Morgan fingerprint density at radius 3 is 2.83 bits per heavy atom. The van der Waals surface area contributed by atoms with Crippen molar-refractivity contribution in [3.8, 4) is 17.0 Å². The number of carbonyl (C=O) groups is 1. The number of rotatable bonds is 4. The predicted molar refractivity (Wildman–Crippen MR) is 64.6 cm³/mol. The number of nitrogens with one attached hydrogen (secondary N) is 1. The topological polar surface area (TPSA) is 75.2 Å². The van der Waals surface area contributed by atoms with Gasteiger partial charge in [0.05, 0.1) is 11.8 Å². The number of carboxylic acids is 1. The molecule has 0 saturated heterocycles. The van der Waals surface area contributed by atoms with Crippen molar-refractivity contribution in [3.63, 3.8) is 0 Å². The zero-order chi connectivity index (χ0) is 12.5. The SMILES string of the molecule is O=C(O)c1cc(-c2ccccc2OC2CC2)n[nH]1. The average Bonchev–Trinajstić information content (AvgIpc) is 3.04. The molecule has 3 rings (SSSR count). The Labute approximate surface area is 103 Å². The first-order valence-corrected chi connectivity index (χ1v) is 5.79. The zero-order valence-corrected chi connectivity index (χ0v) is 9.59. The Morgan fingerprint density at radius 2 is 2.17 bits per heavy atom. The normalized spacial score (nSPS) is 14.4. The molecule has 0 bridgehead atoms. The molecule has 1 aromatic heterocycles. The molecular weight excluding hydrogens is 232 g/mol. The largest absolute Gasteiger partial charge is 0.490 e. The van der Waals surface area contributed by atoms with E-state index in [1.165, 1.54) is 6.07 Å². The second-order valence-electron chi connectivity index (χ2n) is 4.29. The van der Waals surface area contributed by atoms with Gasteiger partial charge in [0.2, 0.25) is 0 Å². The van der Waals surface area contributed by atoms with Gasteiger partial charge in [-0.25, -0.2) is 4.79 Å². The molecule has 2 N–H and O–H groups in total.